The maximum Gasteiger partial charge on any atom is 0.223 e. The van der Waals surface area contributed by atoms with Gasteiger partial charge in [0, 0.05) is 0 Å². The molecule has 2 aromatic rings. The van der Waals surface area contributed by atoms with Crippen LogP contribution in [0, 0.1) is 13.8 Å². The molecule has 2 rings (SSSR count). The number of benzene rings is 2. The summed E-state index contributed by atoms with van der Waals surface area (Å²) >= 11 is 0. The molecular weight excluding hydrogens is 290 g/mol. The Bertz CT molecular complexity index is 620. The van der Waals surface area contributed by atoms with Crippen molar-refractivity contribution in [1.29, 1.82) is 0 Å². The Morgan fingerprint density at radius 3 is 2.39 bits per heavy atom. The summed E-state index contributed by atoms with van der Waals surface area (Å²) in [6, 6.07) is 15.0. The first-order chi connectivity index (χ1) is 11.1. The molecule has 0 aliphatic rings. The number of hydrogen-bond donors (Lipinski definition) is 2. The van der Waals surface area contributed by atoms with Gasteiger partial charge in [0.2, 0.25) is 5.91 Å². The van der Waals surface area contributed by atoms with E-state index < -0.39 is 0 Å². The number of aryl methyl sites for hydroxylation is 2. The Kier molecular flexibility index (Phi) is 6.18. The summed E-state index contributed by atoms with van der Waals surface area (Å²) < 4.78 is 5.64. The Hall–Kier alpha value is -2.33. The predicted octanol–water partition coefficient (Wildman–Crippen LogP) is 2.92. The van der Waals surface area contributed by atoms with Crippen LogP contribution >= 0.6 is 0 Å². The second-order valence-corrected chi connectivity index (χ2v) is 5.64. The Morgan fingerprint density at radius 2 is 1.78 bits per heavy atom. The molecule has 1 atom stereocenters. The molecule has 23 heavy (non-hydrogen) atoms. The molecule has 0 aromatic heterocycles. The van der Waals surface area contributed by atoms with E-state index in [1.165, 1.54) is 0 Å². The van der Waals surface area contributed by atoms with Gasteiger partial charge >= 0.3 is 0 Å². The number of aliphatic hydroxyl groups is 1. The molecule has 1 unspecified atom stereocenters. The third kappa shape index (κ3) is 5.42. The third-order valence-electron chi connectivity index (χ3n) is 3.51. The molecule has 0 aliphatic carbocycles. The maximum atomic E-state index is 12.0. The summed E-state index contributed by atoms with van der Waals surface area (Å²) in [5.41, 5.74) is 3.15. The van der Waals surface area contributed by atoms with Gasteiger partial charge in [0.05, 0.1) is 25.7 Å². The van der Waals surface area contributed by atoms with E-state index in [9.17, 15) is 9.90 Å². The standard InChI is InChI=1S/C19H23NO3/c1-14-10-15(2)12-17(11-14)23-9-8-19(22)20-18(13-21)16-6-4-3-5-7-16/h3-7,10-12,18,21H,8-9,13H2,1-2H3,(H,20,22). The number of nitrogens with one attached hydrogen (secondary N) is 1. The van der Waals surface area contributed by atoms with E-state index in [0.717, 1.165) is 22.4 Å². The molecule has 122 valence electrons. The highest BCUT2D eigenvalue weighted by Crippen LogP contribution is 2.16. The minimum atomic E-state index is -0.384. The summed E-state index contributed by atoms with van der Waals surface area (Å²) in [6.45, 7) is 4.20. The van der Waals surface area contributed by atoms with Gasteiger partial charge in [-0.25, -0.2) is 0 Å². The lowest BCUT2D eigenvalue weighted by Gasteiger charge is -2.17. The minimum absolute atomic E-state index is 0.131. The van der Waals surface area contributed by atoms with Crippen molar-refractivity contribution in [1.82, 2.24) is 5.32 Å². The van der Waals surface area contributed by atoms with Crippen LogP contribution in [-0.4, -0.2) is 24.2 Å². The van der Waals surface area contributed by atoms with Gasteiger partial charge in [-0.2, -0.15) is 0 Å². The molecule has 0 radical (unpaired) electrons. The Balaban J connectivity index is 1.82. The van der Waals surface area contributed by atoms with Gasteiger partial charge in [-0.3, -0.25) is 4.79 Å². The van der Waals surface area contributed by atoms with E-state index in [1.807, 2.05) is 56.3 Å². The second-order valence-electron chi connectivity index (χ2n) is 5.64. The van der Waals surface area contributed by atoms with E-state index in [0.29, 0.717) is 6.61 Å². The first kappa shape index (κ1) is 17.0. The Labute approximate surface area is 137 Å². The van der Waals surface area contributed by atoms with Crippen molar-refractivity contribution < 1.29 is 14.6 Å². The fourth-order valence-electron chi connectivity index (χ4n) is 2.46. The highest BCUT2D eigenvalue weighted by Gasteiger charge is 2.13. The molecule has 1 amide bonds. The van der Waals surface area contributed by atoms with Crippen LogP contribution in [-0.2, 0) is 4.79 Å². The van der Waals surface area contributed by atoms with Crippen molar-refractivity contribution >= 4 is 5.91 Å². The molecule has 0 saturated carbocycles. The largest absolute Gasteiger partial charge is 0.493 e. The minimum Gasteiger partial charge on any atom is -0.493 e. The zero-order valence-corrected chi connectivity index (χ0v) is 13.6. The van der Waals surface area contributed by atoms with E-state index in [1.54, 1.807) is 0 Å². The normalized spacial score (nSPS) is 11.8. The number of hydrogen-bond acceptors (Lipinski definition) is 3. The van der Waals surface area contributed by atoms with Crippen molar-refractivity contribution in [3.63, 3.8) is 0 Å². The average Bonchev–Trinajstić information content (AvgIpc) is 2.52. The first-order valence-corrected chi connectivity index (χ1v) is 7.75. The highest BCUT2D eigenvalue weighted by molar-refractivity contribution is 5.76. The highest BCUT2D eigenvalue weighted by atomic mass is 16.5. The van der Waals surface area contributed by atoms with Crippen molar-refractivity contribution in [3.8, 4) is 5.75 Å². The summed E-state index contributed by atoms with van der Waals surface area (Å²) in [6.07, 6.45) is 0.246. The topological polar surface area (TPSA) is 58.6 Å². The summed E-state index contributed by atoms with van der Waals surface area (Å²) in [7, 11) is 0. The number of ether oxygens (including phenoxy) is 1. The van der Waals surface area contributed by atoms with E-state index in [4.69, 9.17) is 4.74 Å². The van der Waals surface area contributed by atoms with Crippen molar-refractivity contribution in [2.75, 3.05) is 13.2 Å². The van der Waals surface area contributed by atoms with Gasteiger partial charge in [0.1, 0.15) is 5.75 Å². The summed E-state index contributed by atoms with van der Waals surface area (Å²) in [4.78, 5) is 12.0. The third-order valence-corrected chi connectivity index (χ3v) is 3.51. The van der Waals surface area contributed by atoms with Crippen LogP contribution in [0.15, 0.2) is 48.5 Å². The van der Waals surface area contributed by atoms with E-state index in [-0.39, 0.29) is 25.0 Å². The lowest BCUT2D eigenvalue weighted by molar-refractivity contribution is -0.122. The zero-order chi connectivity index (χ0) is 16.7. The zero-order valence-electron chi connectivity index (χ0n) is 13.6. The fourth-order valence-corrected chi connectivity index (χ4v) is 2.46. The Morgan fingerprint density at radius 1 is 1.13 bits per heavy atom. The lowest BCUT2D eigenvalue weighted by atomic mass is 10.1. The predicted molar refractivity (Wildman–Crippen MR) is 90.4 cm³/mol. The molecule has 0 aliphatic heterocycles. The number of amides is 1. The van der Waals surface area contributed by atoms with Gasteiger partial charge in [0.15, 0.2) is 0 Å². The van der Waals surface area contributed by atoms with E-state index in [2.05, 4.69) is 11.4 Å². The average molecular weight is 313 g/mol. The van der Waals surface area contributed by atoms with Crippen LogP contribution in [0.2, 0.25) is 0 Å². The van der Waals surface area contributed by atoms with Gasteiger partial charge in [-0.1, -0.05) is 36.4 Å². The quantitative estimate of drug-likeness (QED) is 0.826. The number of aliphatic hydroxyl groups excluding tert-OH is 1. The van der Waals surface area contributed by atoms with Crippen LogP contribution in [0.4, 0.5) is 0 Å². The number of rotatable bonds is 7. The maximum absolute atomic E-state index is 12.0. The molecule has 4 nitrogen and oxygen atoms in total. The first-order valence-electron chi connectivity index (χ1n) is 7.75. The molecule has 0 spiro atoms. The summed E-state index contributed by atoms with van der Waals surface area (Å²) in [5, 5.41) is 12.3. The summed E-state index contributed by atoms with van der Waals surface area (Å²) in [5.74, 6) is 0.634. The van der Waals surface area contributed by atoms with Crippen molar-refractivity contribution in [3.05, 3.63) is 65.2 Å². The van der Waals surface area contributed by atoms with Gasteiger partial charge in [-0.15, -0.1) is 0 Å². The molecule has 2 aromatic carbocycles. The molecule has 4 heteroatoms. The van der Waals surface area contributed by atoms with Gasteiger partial charge in [0.25, 0.3) is 0 Å². The second kappa shape index (κ2) is 8.34. The van der Waals surface area contributed by atoms with E-state index >= 15 is 0 Å². The van der Waals surface area contributed by atoms with Gasteiger partial charge in [-0.05, 0) is 42.7 Å². The number of carbonyl (C=O) groups is 1. The van der Waals surface area contributed by atoms with Crippen LogP contribution < -0.4 is 10.1 Å². The smallest absolute Gasteiger partial charge is 0.223 e. The molecule has 0 fully saturated rings. The molecular formula is C19H23NO3. The molecule has 2 N–H and O–H groups in total. The molecule has 0 heterocycles. The van der Waals surface area contributed by atoms with Crippen LogP contribution in [0.1, 0.15) is 29.2 Å². The van der Waals surface area contributed by atoms with Crippen LogP contribution in [0.3, 0.4) is 0 Å². The molecule has 0 saturated heterocycles. The van der Waals surface area contributed by atoms with Crippen molar-refractivity contribution in [2.24, 2.45) is 0 Å². The lowest BCUT2D eigenvalue weighted by Crippen LogP contribution is -2.31. The van der Waals surface area contributed by atoms with Crippen molar-refractivity contribution in [2.45, 2.75) is 26.3 Å². The SMILES string of the molecule is Cc1cc(C)cc(OCCC(=O)NC(CO)c2ccccc2)c1. The fraction of sp³-hybridized carbons (Fsp3) is 0.316. The van der Waals surface area contributed by atoms with Gasteiger partial charge < -0.3 is 15.2 Å². The number of carbonyl (C=O) groups excluding carboxylic acids is 1. The molecule has 0 bridgehead atoms. The van der Waals surface area contributed by atoms with Crippen LogP contribution in [0.5, 0.6) is 5.75 Å². The monoisotopic (exact) mass is 313 g/mol. The van der Waals surface area contributed by atoms with Crippen LogP contribution in [0.25, 0.3) is 0 Å².